The van der Waals surface area contributed by atoms with Gasteiger partial charge in [0.1, 0.15) is 5.54 Å². The highest BCUT2D eigenvalue weighted by molar-refractivity contribution is 7.18. The molecular weight excluding hydrogens is 376 g/mol. The number of carbonyl (C=O) groups is 3. The molecule has 2 rings (SSSR count). The van der Waals surface area contributed by atoms with E-state index in [1.807, 2.05) is 0 Å². The van der Waals surface area contributed by atoms with Crippen molar-refractivity contribution in [3.63, 3.8) is 0 Å². The van der Waals surface area contributed by atoms with Crippen LogP contribution in [0.3, 0.4) is 0 Å². The molecule has 1 saturated carbocycles. The highest BCUT2D eigenvalue weighted by Gasteiger charge is 2.38. The Morgan fingerprint density at radius 3 is 2.54 bits per heavy atom. The molecule has 8 heteroatoms. The zero-order chi connectivity index (χ0) is 19.2. The maximum absolute atomic E-state index is 12.3. The van der Waals surface area contributed by atoms with Crippen LogP contribution in [0, 0.1) is 11.3 Å². The maximum atomic E-state index is 12.3. The Labute approximate surface area is 161 Å². The lowest BCUT2D eigenvalue weighted by Crippen LogP contribution is -2.51. The Hall–Kier alpha value is -1.91. The Kier molecular flexibility index (Phi) is 7.18. The average molecular weight is 397 g/mol. The number of likely N-dealkylation sites (N-methyl/N-ethyl adjacent to an activating group) is 1. The number of thiophene rings is 1. The van der Waals surface area contributed by atoms with E-state index in [4.69, 9.17) is 16.3 Å². The molecule has 1 aromatic heterocycles. The van der Waals surface area contributed by atoms with E-state index >= 15 is 0 Å². The van der Waals surface area contributed by atoms with Crippen molar-refractivity contribution in [3.05, 3.63) is 21.3 Å². The Balaban J connectivity index is 1.78. The summed E-state index contributed by atoms with van der Waals surface area (Å²) in [6.45, 7) is -0.419. The largest absolute Gasteiger partial charge is 0.456 e. The second-order valence-electron chi connectivity index (χ2n) is 6.34. The molecule has 0 spiro atoms. The molecule has 1 aromatic rings. The number of halogens is 1. The molecule has 1 fully saturated rings. The minimum absolute atomic E-state index is 0.00182. The first-order chi connectivity index (χ1) is 12.4. The van der Waals surface area contributed by atoms with Gasteiger partial charge in [-0.3, -0.25) is 14.4 Å². The van der Waals surface area contributed by atoms with Gasteiger partial charge in [-0.05, 0) is 25.0 Å². The number of nitrogens with zero attached hydrogens (tertiary/aromatic N) is 2. The lowest BCUT2D eigenvalue weighted by Gasteiger charge is -2.38. The van der Waals surface area contributed by atoms with Crippen molar-refractivity contribution in [2.75, 3.05) is 13.7 Å². The summed E-state index contributed by atoms with van der Waals surface area (Å²) >= 11 is 6.94. The molecule has 140 valence electrons. The lowest BCUT2D eigenvalue weighted by atomic mass is 9.81. The van der Waals surface area contributed by atoms with Crippen molar-refractivity contribution in [2.24, 2.45) is 0 Å². The average Bonchev–Trinajstić information content (AvgIpc) is 3.10. The number of carbonyl (C=O) groups excluding carboxylic acids is 3. The van der Waals surface area contributed by atoms with Gasteiger partial charge < -0.3 is 9.64 Å². The van der Waals surface area contributed by atoms with Gasteiger partial charge in [0.15, 0.2) is 12.4 Å². The monoisotopic (exact) mass is 396 g/mol. The summed E-state index contributed by atoms with van der Waals surface area (Å²) in [4.78, 5) is 37.9. The highest BCUT2D eigenvalue weighted by Crippen LogP contribution is 2.32. The van der Waals surface area contributed by atoms with Crippen molar-refractivity contribution < 1.29 is 19.1 Å². The van der Waals surface area contributed by atoms with Crippen LogP contribution in [-0.2, 0) is 14.3 Å². The second-order valence-corrected chi connectivity index (χ2v) is 8.06. The summed E-state index contributed by atoms with van der Waals surface area (Å²) in [6.07, 6.45) is 4.04. The predicted octanol–water partition coefficient (Wildman–Crippen LogP) is 3.59. The van der Waals surface area contributed by atoms with E-state index in [2.05, 4.69) is 6.07 Å². The van der Waals surface area contributed by atoms with Gasteiger partial charge in [-0.15, -0.1) is 11.3 Å². The van der Waals surface area contributed by atoms with Crippen LogP contribution in [0.4, 0.5) is 0 Å². The minimum Gasteiger partial charge on any atom is -0.456 e. The van der Waals surface area contributed by atoms with E-state index in [1.54, 1.807) is 19.2 Å². The molecule has 0 radical (unpaired) electrons. The van der Waals surface area contributed by atoms with E-state index in [9.17, 15) is 19.6 Å². The van der Waals surface area contributed by atoms with Crippen LogP contribution in [0.15, 0.2) is 12.1 Å². The third kappa shape index (κ3) is 5.05. The molecular formula is C18H21ClN2O4S. The van der Waals surface area contributed by atoms with Gasteiger partial charge in [0, 0.05) is 13.5 Å². The number of hydrogen-bond donors (Lipinski definition) is 0. The van der Waals surface area contributed by atoms with Crippen LogP contribution >= 0.6 is 22.9 Å². The van der Waals surface area contributed by atoms with Crippen molar-refractivity contribution in [2.45, 2.75) is 50.5 Å². The summed E-state index contributed by atoms with van der Waals surface area (Å²) in [7, 11) is 1.58. The van der Waals surface area contributed by atoms with Gasteiger partial charge in [-0.25, -0.2) is 0 Å². The molecule has 1 aliphatic rings. The summed E-state index contributed by atoms with van der Waals surface area (Å²) < 4.78 is 5.50. The molecule has 1 amide bonds. The number of ether oxygens (including phenoxy) is 1. The Bertz CT molecular complexity index is 719. The number of Topliss-reactive ketones (excluding diaryl/α,β-unsaturated/α-hetero) is 1. The topological polar surface area (TPSA) is 87.5 Å². The Morgan fingerprint density at radius 1 is 1.27 bits per heavy atom. The summed E-state index contributed by atoms with van der Waals surface area (Å²) in [5.74, 6) is -1.21. The fraction of sp³-hybridized carbons (Fsp3) is 0.556. The van der Waals surface area contributed by atoms with Gasteiger partial charge in [0.2, 0.25) is 0 Å². The number of esters is 1. The molecule has 0 saturated heterocycles. The van der Waals surface area contributed by atoms with E-state index in [1.165, 1.54) is 4.90 Å². The zero-order valence-electron chi connectivity index (χ0n) is 14.6. The molecule has 0 atom stereocenters. The standard InChI is InChI=1S/C18H21ClN2O4S/c1-21(18(12-20)9-3-2-4-10-18)16(23)11-25-17(24)8-5-13(22)14-6-7-15(19)26-14/h6-7H,2-5,8-11H2,1H3. The van der Waals surface area contributed by atoms with Gasteiger partial charge in [0.05, 0.1) is 21.7 Å². The highest BCUT2D eigenvalue weighted by atomic mass is 35.5. The molecule has 1 aliphatic carbocycles. The number of hydrogen-bond acceptors (Lipinski definition) is 6. The van der Waals surface area contributed by atoms with Crippen LogP contribution in [0.25, 0.3) is 0 Å². The molecule has 0 N–H and O–H groups in total. The van der Waals surface area contributed by atoms with Crippen molar-refractivity contribution in [3.8, 4) is 6.07 Å². The summed E-state index contributed by atoms with van der Waals surface area (Å²) in [5, 5.41) is 9.50. The third-order valence-electron chi connectivity index (χ3n) is 4.67. The van der Waals surface area contributed by atoms with E-state index < -0.39 is 24.0 Å². The van der Waals surface area contributed by atoms with Gasteiger partial charge in [0.25, 0.3) is 5.91 Å². The molecule has 0 bridgehead atoms. The zero-order valence-corrected chi connectivity index (χ0v) is 16.2. The molecule has 0 aliphatic heterocycles. The second kappa shape index (κ2) is 9.15. The fourth-order valence-electron chi connectivity index (χ4n) is 3.01. The summed E-state index contributed by atoms with van der Waals surface area (Å²) in [5.41, 5.74) is -0.809. The van der Waals surface area contributed by atoms with Gasteiger partial charge in [-0.1, -0.05) is 30.9 Å². The van der Waals surface area contributed by atoms with Crippen molar-refractivity contribution >= 4 is 40.6 Å². The first-order valence-electron chi connectivity index (χ1n) is 8.50. The predicted molar refractivity (Wildman–Crippen MR) is 98.1 cm³/mol. The van der Waals surface area contributed by atoms with Gasteiger partial charge in [-0.2, -0.15) is 5.26 Å². The molecule has 0 unspecified atom stereocenters. The van der Waals surface area contributed by atoms with Crippen LogP contribution in [-0.4, -0.2) is 41.8 Å². The smallest absolute Gasteiger partial charge is 0.306 e. The fourth-order valence-corrected chi connectivity index (χ4v) is 4.02. The van der Waals surface area contributed by atoms with Crippen LogP contribution in [0.1, 0.15) is 54.6 Å². The van der Waals surface area contributed by atoms with E-state index in [0.29, 0.717) is 22.1 Å². The molecule has 26 heavy (non-hydrogen) atoms. The number of ketones is 1. The molecule has 0 aromatic carbocycles. The number of nitriles is 1. The van der Waals surface area contributed by atoms with Crippen molar-refractivity contribution in [1.29, 1.82) is 5.26 Å². The van der Waals surface area contributed by atoms with Crippen LogP contribution in [0.2, 0.25) is 4.34 Å². The van der Waals surface area contributed by atoms with Crippen LogP contribution < -0.4 is 0 Å². The van der Waals surface area contributed by atoms with Crippen molar-refractivity contribution in [1.82, 2.24) is 4.90 Å². The van der Waals surface area contributed by atoms with Crippen LogP contribution in [0.5, 0.6) is 0 Å². The maximum Gasteiger partial charge on any atom is 0.306 e. The minimum atomic E-state index is -0.809. The first kappa shape index (κ1) is 20.4. The third-order valence-corrected chi connectivity index (χ3v) is 5.94. The molecule has 6 nitrogen and oxygen atoms in total. The van der Waals surface area contributed by atoms with Gasteiger partial charge >= 0.3 is 5.97 Å². The summed E-state index contributed by atoms with van der Waals surface area (Å²) in [6, 6.07) is 5.50. The van der Waals surface area contributed by atoms with E-state index in [0.717, 1.165) is 30.6 Å². The normalized spacial score (nSPS) is 15.7. The Morgan fingerprint density at radius 2 is 1.96 bits per heavy atom. The SMILES string of the molecule is CN(C(=O)COC(=O)CCC(=O)c1ccc(Cl)s1)C1(C#N)CCCCC1. The number of amides is 1. The van der Waals surface area contributed by atoms with E-state index in [-0.39, 0.29) is 18.6 Å². The number of rotatable bonds is 7. The quantitative estimate of drug-likeness (QED) is 0.519. The first-order valence-corrected chi connectivity index (χ1v) is 9.69. The molecule has 1 heterocycles. The lowest BCUT2D eigenvalue weighted by molar-refractivity contribution is -0.153.